The summed E-state index contributed by atoms with van der Waals surface area (Å²) in [4.78, 5) is 23.8. The van der Waals surface area contributed by atoms with Crippen molar-refractivity contribution in [2.24, 2.45) is 0 Å². The van der Waals surface area contributed by atoms with Gasteiger partial charge in [0.05, 0.1) is 0 Å². The van der Waals surface area contributed by atoms with Gasteiger partial charge in [0.15, 0.2) is 0 Å². The molecule has 1 unspecified atom stereocenters. The Labute approximate surface area is 163 Å². The van der Waals surface area contributed by atoms with Crippen molar-refractivity contribution in [3.63, 3.8) is 0 Å². The molecule has 0 bridgehead atoms. The lowest BCUT2D eigenvalue weighted by atomic mass is 9.95. The zero-order valence-corrected chi connectivity index (χ0v) is 17.3. The van der Waals surface area contributed by atoms with Gasteiger partial charge in [0, 0.05) is 44.0 Å². The lowest BCUT2D eigenvalue weighted by Gasteiger charge is -2.40. The van der Waals surface area contributed by atoms with Crippen molar-refractivity contribution in [2.45, 2.75) is 58.6 Å². The number of nitrogens with zero attached hydrogens (tertiary/aromatic N) is 4. The largest absolute Gasteiger partial charge is 0.444 e. The van der Waals surface area contributed by atoms with Gasteiger partial charge < -0.3 is 14.5 Å². The van der Waals surface area contributed by atoms with Gasteiger partial charge in [0.1, 0.15) is 11.4 Å². The molecule has 0 spiro atoms. The minimum Gasteiger partial charge on any atom is -0.444 e. The van der Waals surface area contributed by atoms with Gasteiger partial charge in [0.2, 0.25) is 0 Å². The van der Waals surface area contributed by atoms with Gasteiger partial charge in [-0.05, 0) is 52.8 Å². The highest BCUT2D eigenvalue weighted by atomic mass is 16.6. The van der Waals surface area contributed by atoms with Crippen molar-refractivity contribution in [1.82, 2.24) is 14.8 Å². The molecule has 3 rings (SSSR count). The molecular formula is C21H34N4O2. The summed E-state index contributed by atoms with van der Waals surface area (Å²) in [5.74, 6) is 1.09. The number of likely N-dealkylation sites (tertiary alicyclic amines) is 1. The molecule has 150 valence electrons. The van der Waals surface area contributed by atoms with E-state index in [9.17, 15) is 4.79 Å². The summed E-state index contributed by atoms with van der Waals surface area (Å²) in [6.07, 6.45) is 5.44. The number of amides is 1. The first-order chi connectivity index (χ1) is 12.9. The van der Waals surface area contributed by atoms with E-state index in [0.29, 0.717) is 19.1 Å². The Morgan fingerprint density at radius 3 is 2.59 bits per heavy atom. The highest BCUT2D eigenvalue weighted by molar-refractivity contribution is 5.68. The van der Waals surface area contributed by atoms with Crippen LogP contribution in [0.3, 0.4) is 0 Å². The molecule has 1 atom stereocenters. The average molecular weight is 375 g/mol. The van der Waals surface area contributed by atoms with E-state index in [0.717, 1.165) is 25.5 Å². The molecule has 6 nitrogen and oxygen atoms in total. The number of piperidine rings is 1. The number of anilines is 1. The third-order valence-corrected chi connectivity index (χ3v) is 5.43. The standard InChI is InChI=1S/C21H34N4O2/c1-5-23-12-7-6-10-18(23)17-9-8-11-22-19(17)24-13-15-25(16-14-24)20(26)27-21(2,3)4/h8-9,11,18H,5-7,10,12-16H2,1-4H3. The van der Waals surface area contributed by atoms with Crippen LogP contribution in [0.2, 0.25) is 0 Å². The summed E-state index contributed by atoms with van der Waals surface area (Å²) < 4.78 is 5.51. The third kappa shape index (κ3) is 4.92. The van der Waals surface area contributed by atoms with E-state index in [1.807, 2.05) is 31.9 Å². The van der Waals surface area contributed by atoms with Gasteiger partial charge in [-0.2, -0.15) is 0 Å². The molecular weight excluding hydrogens is 340 g/mol. The predicted octanol–water partition coefficient (Wildman–Crippen LogP) is 3.69. The smallest absolute Gasteiger partial charge is 0.410 e. The van der Waals surface area contributed by atoms with Gasteiger partial charge in [-0.1, -0.05) is 19.4 Å². The number of rotatable bonds is 3. The molecule has 1 amide bonds. The van der Waals surface area contributed by atoms with E-state index in [1.54, 1.807) is 0 Å². The molecule has 2 aliphatic heterocycles. The van der Waals surface area contributed by atoms with Crippen LogP contribution in [0.25, 0.3) is 0 Å². The van der Waals surface area contributed by atoms with Crippen LogP contribution in [0.1, 0.15) is 58.6 Å². The Bertz CT molecular complexity index is 635. The van der Waals surface area contributed by atoms with E-state index < -0.39 is 5.60 Å². The molecule has 0 aliphatic carbocycles. The fraction of sp³-hybridized carbons (Fsp3) is 0.714. The Kier molecular flexibility index (Phi) is 6.25. The zero-order chi connectivity index (χ0) is 19.4. The first kappa shape index (κ1) is 19.9. The summed E-state index contributed by atoms with van der Waals surface area (Å²) in [6, 6.07) is 4.75. The average Bonchev–Trinajstić information content (AvgIpc) is 2.67. The fourth-order valence-corrected chi connectivity index (χ4v) is 4.08. The predicted molar refractivity (Wildman–Crippen MR) is 108 cm³/mol. The SMILES string of the molecule is CCN1CCCCC1c1cccnc1N1CCN(C(=O)OC(C)(C)C)CC1. The van der Waals surface area contributed by atoms with E-state index in [1.165, 1.54) is 31.4 Å². The van der Waals surface area contributed by atoms with Gasteiger partial charge >= 0.3 is 6.09 Å². The van der Waals surface area contributed by atoms with E-state index in [4.69, 9.17) is 9.72 Å². The number of ether oxygens (including phenoxy) is 1. The van der Waals surface area contributed by atoms with Crippen molar-refractivity contribution in [2.75, 3.05) is 44.2 Å². The summed E-state index contributed by atoms with van der Waals surface area (Å²) in [6.45, 7) is 13.1. The molecule has 6 heteroatoms. The minimum atomic E-state index is -0.451. The van der Waals surface area contributed by atoms with E-state index in [-0.39, 0.29) is 6.09 Å². The van der Waals surface area contributed by atoms with Crippen LogP contribution in [0.4, 0.5) is 10.6 Å². The second-order valence-electron chi connectivity index (χ2n) is 8.51. The Balaban J connectivity index is 1.69. The number of carbonyl (C=O) groups excluding carboxylic acids is 1. The maximum Gasteiger partial charge on any atom is 0.410 e. The number of pyridine rings is 1. The number of hydrogen-bond acceptors (Lipinski definition) is 5. The van der Waals surface area contributed by atoms with Gasteiger partial charge in [-0.3, -0.25) is 4.90 Å². The summed E-state index contributed by atoms with van der Waals surface area (Å²) in [5, 5.41) is 0. The number of aromatic nitrogens is 1. The third-order valence-electron chi connectivity index (χ3n) is 5.43. The van der Waals surface area contributed by atoms with Crippen molar-refractivity contribution < 1.29 is 9.53 Å². The van der Waals surface area contributed by atoms with Crippen molar-refractivity contribution >= 4 is 11.9 Å². The van der Waals surface area contributed by atoms with E-state index >= 15 is 0 Å². The van der Waals surface area contributed by atoms with Gasteiger partial charge in [-0.25, -0.2) is 9.78 Å². The molecule has 2 fully saturated rings. The molecule has 2 aliphatic rings. The highest BCUT2D eigenvalue weighted by Crippen LogP contribution is 2.35. The zero-order valence-electron chi connectivity index (χ0n) is 17.3. The quantitative estimate of drug-likeness (QED) is 0.808. The van der Waals surface area contributed by atoms with Crippen molar-refractivity contribution in [1.29, 1.82) is 0 Å². The van der Waals surface area contributed by atoms with Crippen LogP contribution < -0.4 is 4.90 Å². The fourth-order valence-electron chi connectivity index (χ4n) is 4.08. The van der Waals surface area contributed by atoms with Crippen molar-refractivity contribution in [3.05, 3.63) is 23.9 Å². The summed E-state index contributed by atoms with van der Waals surface area (Å²) in [7, 11) is 0. The van der Waals surface area contributed by atoms with Gasteiger partial charge in [-0.15, -0.1) is 0 Å². The molecule has 0 radical (unpaired) electrons. The maximum atomic E-state index is 12.3. The number of piperazine rings is 1. The number of carbonyl (C=O) groups is 1. The van der Waals surface area contributed by atoms with Gasteiger partial charge in [0.25, 0.3) is 0 Å². The molecule has 3 heterocycles. The minimum absolute atomic E-state index is 0.215. The first-order valence-corrected chi connectivity index (χ1v) is 10.3. The van der Waals surface area contributed by atoms with Crippen LogP contribution in [-0.2, 0) is 4.74 Å². The maximum absolute atomic E-state index is 12.3. The van der Waals surface area contributed by atoms with Crippen LogP contribution in [-0.4, -0.2) is 65.7 Å². The molecule has 0 saturated carbocycles. The molecule has 1 aromatic rings. The second-order valence-corrected chi connectivity index (χ2v) is 8.51. The van der Waals surface area contributed by atoms with E-state index in [2.05, 4.69) is 28.9 Å². The monoisotopic (exact) mass is 374 g/mol. The molecule has 1 aromatic heterocycles. The van der Waals surface area contributed by atoms with Crippen LogP contribution in [0, 0.1) is 0 Å². The Morgan fingerprint density at radius 2 is 1.93 bits per heavy atom. The molecule has 0 aromatic carbocycles. The molecule has 0 N–H and O–H groups in total. The lowest BCUT2D eigenvalue weighted by molar-refractivity contribution is 0.0240. The Hall–Kier alpha value is -1.82. The second kappa shape index (κ2) is 8.46. The van der Waals surface area contributed by atoms with Crippen LogP contribution in [0.5, 0.6) is 0 Å². The first-order valence-electron chi connectivity index (χ1n) is 10.3. The number of hydrogen-bond donors (Lipinski definition) is 0. The topological polar surface area (TPSA) is 48.9 Å². The van der Waals surface area contributed by atoms with Crippen molar-refractivity contribution in [3.8, 4) is 0 Å². The summed E-state index contributed by atoms with van der Waals surface area (Å²) >= 11 is 0. The highest BCUT2D eigenvalue weighted by Gasteiger charge is 2.30. The molecule has 2 saturated heterocycles. The summed E-state index contributed by atoms with van der Waals surface area (Å²) in [5.41, 5.74) is 0.886. The molecule has 27 heavy (non-hydrogen) atoms. The lowest BCUT2D eigenvalue weighted by Crippen LogP contribution is -2.50. The Morgan fingerprint density at radius 1 is 1.19 bits per heavy atom. The normalized spacial score (nSPS) is 22.0. The van der Waals surface area contributed by atoms with Crippen LogP contribution in [0.15, 0.2) is 18.3 Å². The van der Waals surface area contributed by atoms with Crippen LogP contribution >= 0.6 is 0 Å².